The molecule has 0 spiro atoms. The van der Waals surface area contributed by atoms with Gasteiger partial charge in [0.1, 0.15) is 6.04 Å². The van der Waals surface area contributed by atoms with Gasteiger partial charge in [0.15, 0.2) is 0 Å². The number of carbonyl (C=O) groups is 2. The monoisotopic (exact) mass is 272 g/mol. The van der Waals surface area contributed by atoms with Crippen LogP contribution in [0.4, 0.5) is 10.5 Å². The van der Waals surface area contributed by atoms with Gasteiger partial charge in [-0.15, -0.1) is 0 Å². The number of amides is 3. The van der Waals surface area contributed by atoms with E-state index >= 15 is 0 Å². The highest BCUT2D eigenvalue weighted by Gasteiger charge is 2.31. The van der Waals surface area contributed by atoms with Gasteiger partial charge in [-0.25, -0.2) is 4.79 Å². The molecule has 1 atom stereocenters. The number of nitrogens with one attached hydrogen (secondary N) is 2. The SMILES string of the molecule is CCC1C(=O)NCCN1C(=O)Nc1ccc(C#N)cc1. The second-order valence-corrected chi connectivity index (χ2v) is 4.53. The minimum Gasteiger partial charge on any atom is -0.353 e. The maximum absolute atomic E-state index is 12.2. The lowest BCUT2D eigenvalue weighted by Crippen LogP contribution is -2.57. The van der Waals surface area contributed by atoms with Gasteiger partial charge in [-0.2, -0.15) is 5.26 Å². The molecule has 1 aromatic carbocycles. The van der Waals surface area contributed by atoms with Crippen LogP contribution in [0.15, 0.2) is 24.3 Å². The number of anilines is 1. The molecule has 2 N–H and O–H groups in total. The van der Waals surface area contributed by atoms with Crippen LogP contribution in [-0.2, 0) is 4.79 Å². The highest BCUT2D eigenvalue weighted by atomic mass is 16.2. The molecule has 6 heteroatoms. The lowest BCUT2D eigenvalue weighted by molar-refractivity contribution is -0.127. The fourth-order valence-corrected chi connectivity index (χ4v) is 2.19. The summed E-state index contributed by atoms with van der Waals surface area (Å²) in [7, 11) is 0. The van der Waals surface area contributed by atoms with Crippen molar-refractivity contribution in [2.45, 2.75) is 19.4 Å². The van der Waals surface area contributed by atoms with Crippen molar-refractivity contribution in [3.05, 3.63) is 29.8 Å². The molecule has 104 valence electrons. The summed E-state index contributed by atoms with van der Waals surface area (Å²) in [5, 5.41) is 14.2. The summed E-state index contributed by atoms with van der Waals surface area (Å²) in [4.78, 5) is 25.5. The van der Waals surface area contributed by atoms with Crippen molar-refractivity contribution in [1.82, 2.24) is 10.2 Å². The van der Waals surface area contributed by atoms with Crippen LogP contribution in [0.25, 0.3) is 0 Å². The standard InChI is InChI=1S/C14H16N4O2/c1-2-12-13(19)16-7-8-18(12)14(20)17-11-5-3-10(9-15)4-6-11/h3-6,12H,2,7-8H2,1H3,(H,16,19)(H,17,20). The molecule has 2 rings (SSSR count). The van der Waals surface area contributed by atoms with Crippen LogP contribution in [0.3, 0.4) is 0 Å². The van der Waals surface area contributed by atoms with Gasteiger partial charge < -0.3 is 15.5 Å². The molecular weight excluding hydrogens is 256 g/mol. The third kappa shape index (κ3) is 2.88. The fourth-order valence-electron chi connectivity index (χ4n) is 2.19. The van der Waals surface area contributed by atoms with Gasteiger partial charge in [0.2, 0.25) is 5.91 Å². The molecule has 0 aromatic heterocycles. The summed E-state index contributed by atoms with van der Waals surface area (Å²) in [5.74, 6) is -0.117. The van der Waals surface area contributed by atoms with Gasteiger partial charge in [-0.1, -0.05) is 6.92 Å². The number of rotatable bonds is 2. The smallest absolute Gasteiger partial charge is 0.322 e. The first-order valence-corrected chi connectivity index (χ1v) is 6.51. The molecule has 0 bridgehead atoms. The van der Waals surface area contributed by atoms with Crippen molar-refractivity contribution in [3.63, 3.8) is 0 Å². The van der Waals surface area contributed by atoms with Crippen LogP contribution in [0.2, 0.25) is 0 Å². The Morgan fingerprint density at radius 1 is 1.50 bits per heavy atom. The van der Waals surface area contributed by atoms with Crippen molar-refractivity contribution in [3.8, 4) is 6.07 Å². The van der Waals surface area contributed by atoms with Gasteiger partial charge in [0.25, 0.3) is 0 Å². The average Bonchev–Trinajstić information content (AvgIpc) is 2.47. The molecule has 1 aromatic rings. The van der Waals surface area contributed by atoms with E-state index in [1.165, 1.54) is 4.90 Å². The van der Waals surface area contributed by atoms with E-state index in [0.717, 1.165) is 0 Å². The zero-order chi connectivity index (χ0) is 14.5. The van der Waals surface area contributed by atoms with Crippen molar-refractivity contribution in [1.29, 1.82) is 5.26 Å². The van der Waals surface area contributed by atoms with Crippen LogP contribution in [0, 0.1) is 11.3 Å². The molecule has 0 saturated carbocycles. The van der Waals surface area contributed by atoms with Crippen molar-refractivity contribution in [2.24, 2.45) is 0 Å². The van der Waals surface area contributed by atoms with Crippen LogP contribution in [0.1, 0.15) is 18.9 Å². The predicted octanol–water partition coefficient (Wildman–Crippen LogP) is 1.30. The van der Waals surface area contributed by atoms with E-state index in [-0.39, 0.29) is 11.9 Å². The Hall–Kier alpha value is -2.55. The molecule has 20 heavy (non-hydrogen) atoms. The Balaban J connectivity index is 2.06. The summed E-state index contributed by atoms with van der Waals surface area (Å²) in [6, 6.07) is 7.90. The first-order valence-electron chi connectivity index (χ1n) is 6.51. The molecule has 1 saturated heterocycles. The summed E-state index contributed by atoms with van der Waals surface area (Å²) in [6.45, 7) is 2.83. The topological polar surface area (TPSA) is 85.2 Å². The highest BCUT2D eigenvalue weighted by molar-refractivity contribution is 5.94. The number of benzene rings is 1. The molecule has 1 aliphatic heterocycles. The fraction of sp³-hybridized carbons (Fsp3) is 0.357. The van der Waals surface area contributed by atoms with E-state index in [1.807, 2.05) is 13.0 Å². The maximum Gasteiger partial charge on any atom is 0.322 e. The quantitative estimate of drug-likeness (QED) is 0.851. The van der Waals surface area contributed by atoms with Crippen LogP contribution in [0.5, 0.6) is 0 Å². The second-order valence-electron chi connectivity index (χ2n) is 4.53. The highest BCUT2D eigenvalue weighted by Crippen LogP contribution is 2.13. The number of hydrogen-bond donors (Lipinski definition) is 2. The van der Waals surface area contributed by atoms with Crippen molar-refractivity contribution < 1.29 is 9.59 Å². The van der Waals surface area contributed by atoms with E-state index < -0.39 is 6.04 Å². The number of nitriles is 1. The molecule has 0 aliphatic carbocycles. The van der Waals surface area contributed by atoms with E-state index in [4.69, 9.17) is 5.26 Å². The molecule has 3 amide bonds. The summed E-state index contributed by atoms with van der Waals surface area (Å²) in [5.41, 5.74) is 1.14. The predicted molar refractivity (Wildman–Crippen MR) is 74.0 cm³/mol. The Morgan fingerprint density at radius 3 is 2.80 bits per heavy atom. The molecule has 1 unspecified atom stereocenters. The van der Waals surface area contributed by atoms with Crippen molar-refractivity contribution >= 4 is 17.6 Å². The Kier molecular flexibility index (Phi) is 4.20. The lowest BCUT2D eigenvalue weighted by atomic mass is 10.1. The molecule has 0 radical (unpaired) electrons. The summed E-state index contributed by atoms with van der Waals surface area (Å²) in [6.07, 6.45) is 0.576. The van der Waals surface area contributed by atoms with E-state index in [9.17, 15) is 9.59 Å². The lowest BCUT2D eigenvalue weighted by Gasteiger charge is -2.34. The third-order valence-electron chi connectivity index (χ3n) is 3.24. The number of carbonyl (C=O) groups excluding carboxylic acids is 2. The Bertz CT molecular complexity index is 547. The van der Waals surface area contributed by atoms with E-state index in [1.54, 1.807) is 24.3 Å². The first-order chi connectivity index (χ1) is 9.65. The zero-order valence-corrected chi connectivity index (χ0v) is 11.2. The summed E-state index contributed by atoms with van der Waals surface area (Å²) >= 11 is 0. The maximum atomic E-state index is 12.2. The Labute approximate surface area is 117 Å². The second kappa shape index (κ2) is 6.06. The molecular formula is C14H16N4O2. The molecule has 6 nitrogen and oxygen atoms in total. The normalized spacial score (nSPS) is 18.1. The minimum absolute atomic E-state index is 0.117. The number of hydrogen-bond acceptors (Lipinski definition) is 3. The molecule has 1 fully saturated rings. The van der Waals surface area contributed by atoms with E-state index in [2.05, 4.69) is 10.6 Å². The first kappa shape index (κ1) is 13.9. The third-order valence-corrected chi connectivity index (χ3v) is 3.24. The number of nitrogens with zero attached hydrogens (tertiary/aromatic N) is 2. The molecule has 1 aliphatic rings. The van der Waals surface area contributed by atoms with Gasteiger partial charge >= 0.3 is 6.03 Å². The zero-order valence-electron chi connectivity index (χ0n) is 11.2. The van der Waals surface area contributed by atoms with Gasteiger partial charge in [0.05, 0.1) is 11.6 Å². The van der Waals surface area contributed by atoms with Crippen LogP contribution >= 0.6 is 0 Å². The minimum atomic E-state index is -0.429. The van der Waals surface area contributed by atoms with Gasteiger partial charge in [-0.3, -0.25) is 4.79 Å². The van der Waals surface area contributed by atoms with Gasteiger partial charge in [-0.05, 0) is 30.7 Å². The van der Waals surface area contributed by atoms with Crippen LogP contribution < -0.4 is 10.6 Å². The number of urea groups is 1. The Morgan fingerprint density at radius 2 is 2.20 bits per heavy atom. The van der Waals surface area contributed by atoms with Gasteiger partial charge in [0, 0.05) is 18.8 Å². The number of piperazine rings is 1. The summed E-state index contributed by atoms with van der Waals surface area (Å²) < 4.78 is 0. The largest absolute Gasteiger partial charge is 0.353 e. The van der Waals surface area contributed by atoms with E-state index in [0.29, 0.717) is 30.8 Å². The molecule has 1 heterocycles. The van der Waals surface area contributed by atoms with Crippen molar-refractivity contribution in [2.75, 3.05) is 18.4 Å². The average molecular weight is 272 g/mol. The van der Waals surface area contributed by atoms with Crippen LogP contribution in [-0.4, -0.2) is 36.0 Å².